The minimum Gasteiger partial charge on any atom is -0.487 e. The van der Waals surface area contributed by atoms with Crippen molar-refractivity contribution in [1.29, 1.82) is 0 Å². The van der Waals surface area contributed by atoms with Gasteiger partial charge in [-0.1, -0.05) is 19.8 Å². The summed E-state index contributed by atoms with van der Waals surface area (Å²) in [4.78, 5) is 0. The van der Waals surface area contributed by atoms with E-state index in [0.29, 0.717) is 0 Å². The third kappa shape index (κ3) is 3.69. The van der Waals surface area contributed by atoms with Crippen LogP contribution in [0.4, 0.5) is 4.39 Å². The predicted molar refractivity (Wildman–Crippen MR) is 76.0 cm³/mol. The molecule has 2 rings (SSSR count). The summed E-state index contributed by atoms with van der Waals surface area (Å²) in [6, 6.07) is 4.99. The number of nitrogens with one attached hydrogen (secondary N) is 1. The zero-order chi connectivity index (χ0) is 13.9. The van der Waals surface area contributed by atoms with Gasteiger partial charge in [-0.05, 0) is 45.0 Å². The van der Waals surface area contributed by atoms with Crippen molar-refractivity contribution in [2.24, 2.45) is 0 Å². The molecule has 0 spiro atoms. The van der Waals surface area contributed by atoms with Crippen LogP contribution in [0.1, 0.15) is 58.1 Å². The maximum absolute atomic E-state index is 13.4. The van der Waals surface area contributed by atoms with Crippen LogP contribution in [0.25, 0.3) is 0 Å². The molecule has 0 aromatic heterocycles. The first kappa shape index (κ1) is 14.3. The molecule has 1 aromatic rings. The van der Waals surface area contributed by atoms with Gasteiger partial charge < -0.3 is 10.1 Å². The third-order valence-electron chi connectivity index (χ3n) is 3.60. The number of benzene rings is 1. The highest BCUT2D eigenvalue weighted by Gasteiger charge is 2.33. The molecule has 1 aromatic carbocycles. The van der Waals surface area contributed by atoms with Crippen molar-refractivity contribution in [1.82, 2.24) is 5.32 Å². The number of rotatable bonds is 5. The first-order valence-corrected chi connectivity index (χ1v) is 7.24. The third-order valence-corrected chi connectivity index (χ3v) is 3.60. The highest BCUT2D eigenvalue weighted by atomic mass is 19.1. The maximum Gasteiger partial charge on any atom is 0.125 e. The Balaban J connectivity index is 2.11. The Kier molecular flexibility index (Phi) is 4.46. The Bertz CT molecular complexity index is 431. The second-order valence-corrected chi connectivity index (χ2v) is 5.96. The highest BCUT2D eigenvalue weighted by Crippen LogP contribution is 2.39. The SMILES string of the molecule is CCCCCNC1CC(C)(C)Oc2ccc(F)cc21. The van der Waals surface area contributed by atoms with Gasteiger partial charge in [0.25, 0.3) is 0 Å². The molecule has 3 heteroatoms. The van der Waals surface area contributed by atoms with Crippen LogP contribution in [-0.4, -0.2) is 12.1 Å². The van der Waals surface area contributed by atoms with Gasteiger partial charge in [0.1, 0.15) is 17.2 Å². The van der Waals surface area contributed by atoms with E-state index in [4.69, 9.17) is 4.74 Å². The Morgan fingerprint density at radius 2 is 2.16 bits per heavy atom. The number of unbranched alkanes of at least 4 members (excludes halogenated alkanes) is 2. The number of halogens is 1. The van der Waals surface area contributed by atoms with Gasteiger partial charge >= 0.3 is 0 Å². The summed E-state index contributed by atoms with van der Waals surface area (Å²) in [5.41, 5.74) is 0.753. The van der Waals surface area contributed by atoms with E-state index < -0.39 is 0 Å². The van der Waals surface area contributed by atoms with Crippen molar-refractivity contribution in [3.8, 4) is 5.75 Å². The number of hydrogen-bond donors (Lipinski definition) is 1. The van der Waals surface area contributed by atoms with Gasteiger partial charge in [-0.3, -0.25) is 0 Å². The van der Waals surface area contributed by atoms with E-state index >= 15 is 0 Å². The van der Waals surface area contributed by atoms with Crippen LogP contribution in [0, 0.1) is 5.82 Å². The quantitative estimate of drug-likeness (QED) is 0.805. The Morgan fingerprint density at radius 1 is 1.37 bits per heavy atom. The predicted octanol–water partition coefficient (Wildman–Crippen LogP) is 4.21. The first-order valence-electron chi connectivity index (χ1n) is 7.24. The molecule has 1 atom stereocenters. The molecule has 0 saturated carbocycles. The van der Waals surface area contributed by atoms with Gasteiger partial charge in [0.05, 0.1) is 0 Å². The lowest BCUT2D eigenvalue weighted by Crippen LogP contribution is -2.39. The molecule has 2 nitrogen and oxygen atoms in total. The zero-order valence-electron chi connectivity index (χ0n) is 12.1. The Morgan fingerprint density at radius 3 is 2.89 bits per heavy atom. The van der Waals surface area contributed by atoms with Gasteiger partial charge in [-0.2, -0.15) is 0 Å². The van der Waals surface area contributed by atoms with E-state index in [1.54, 1.807) is 12.1 Å². The molecule has 1 aliphatic heterocycles. The topological polar surface area (TPSA) is 21.3 Å². The summed E-state index contributed by atoms with van der Waals surface area (Å²) < 4.78 is 19.3. The summed E-state index contributed by atoms with van der Waals surface area (Å²) in [7, 11) is 0. The molecule has 0 saturated heterocycles. The summed E-state index contributed by atoms with van der Waals surface area (Å²) in [5, 5.41) is 3.55. The second kappa shape index (κ2) is 5.91. The van der Waals surface area contributed by atoms with Gasteiger partial charge in [0.15, 0.2) is 0 Å². The maximum atomic E-state index is 13.4. The minimum absolute atomic E-state index is 0.186. The fourth-order valence-electron chi connectivity index (χ4n) is 2.66. The normalized spacial score (nSPS) is 20.7. The van der Waals surface area contributed by atoms with E-state index in [1.165, 1.54) is 25.3 Å². The molecule has 0 aliphatic carbocycles. The van der Waals surface area contributed by atoms with Crippen molar-refractivity contribution >= 4 is 0 Å². The molecule has 0 bridgehead atoms. The Hall–Kier alpha value is -1.09. The van der Waals surface area contributed by atoms with Crippen LogP contribution in [0.5, 0.6) is 5.75 Å². The minimum atomic E-state index is -0.201. The van der Waals surface area contributed by atoms with E-state index in [-0.39, 0.29) is 17.5 Å². The molecule has 1 N–H and O–H groups in total. The average Bonchev–Trinajstić information content (AvgIpc) is 2.34. The standard InChI is InChI=1S/C16H24FNO/c1-4-5-6-9-18-14-11-16(2,3)19-15-8-7-12(17)10-13(14)15/h7-8,10,14,18H,4-6,9,11H2,1-3H3. The summed E-state index contributed by atoms with van der Waals surface area (Å²) >= 11 is 0. The fraction of sp³-hybridized carbons (Fsp3) is 0.625. The molecule has 1 aliphatic rings. The lowest BCUT2D eigenvalue weighted by Gasteiger charge is -2.38. The van der Waals surface area contributed by atoms with E-state index in [1.807, 2.05) is 0 Å². The van der Waals surface area contributed by atoms with Gasteiger partial charge in [0, 0.05) is 18.0 Å². The first-order chi connectivity index (χ1) is 9.02. The van der Waals surface area contributed by atoms with E-state index in [0.717, 1.165) is 24.3 Å². The van der Waals surface area contributed by atoms with Crippen LogP contribution in [0.15, 0.2) is 18.2 Å². The van der Waals surface area contributed by atoms with Crippen LogP contribution < -0.4 is 10.1 Å². The lowest BCUT2D eigenvalue weighted by atomic mass is 9.89. The van der Waals surface area contributed by atoms with E-state index in [9.17, 15) is 4.39 Å². The van der Waals surface area contributed by atoms with Crippen molar-refractivity contribution in [3.05, 3.63) is 29.6 Å². The van der Waals surface area contributed by atoms with Crippen molar-refractivity contribution in [3.63, 3.8) is 0 Å². The molecule has 0 amide bonds. The molecule has 19 heavy (non-hydrogen) atoms. The monoisotopic (exact) mass is 265 g/mol. The van der Waals surface area contributed by atoms with Gasteiger partial charge in [-0.15, -0.1) is 0 Å². The van der Waals surface area contributed by atoms with Crippen molar-refractivity contribution in [2.45, 2.75) is 58.1 Å². The zero-order valence-corrected chi connectivity index (χ0v) is 12.1. The summed E-state index contributed by atoms with van der Waals surface area (Å²) in [6.45, 7) is 7.34. The summed E-state index contributed by atoms with van der Waals surface area (Å²) in [5.74, 6) is 0.619. The number of fused-ring (bicyclic) bond motifs is 1. The molecule has 0 fully saturated rings. The molecular weight excluding hydrogens is 241 g/mol. The second-order valence-electron chi connectivity index (χ2n) is 5.96. The molecule has 106 valence electrons. The molecule has 0 radical (unpaired) electrons. The largest absolute Gasteiger partial charge is 0.487 e. The van der Waals surface area contributed by atoms with Crippen LogP contribution >= 0.6 is 0 Å². The fourth-order valence-corrected chi connectivity index (χ4v) is 2.66. The molecule has 1 heterocycles. The van der Waals surface area contributed by atoms with Gasteiger partial charge in [-0.25, -0.2) is 4.39 Å². The molecular formula is C16H24FNO. The highest BCUT2D eigenvalue weighted by molar-refractivity contribution is 5.39. The summed E-state index contributed by atoms with van der Waals surface area (Å²) in [6.07, 6.45) is 4.48. The van der Waals surface area contributed by atoms with Crippen molar-refractivity contribution in [2.75, 3.05) is 6.54 Å². The lowest BCUT2D eigenvalue weighted by molar-refractivity contribution is 0.0658. The van der Waals surface area contributed by atoms with Crippen molar-refractivity contribution < 1.29 is 9.13 Å². The number of ether oxygens (including phenoxy) is 1. The number of hydrogen-bond acceptors (Lipinski definition) is 2. The Labute approximate surface area is 115 Å². The molecule has 1 unspecified atom stereocenters. The average molecular weight is 265 g/mol. The van der Waals surface area contributed by atoms with E-state index in [2.05, 4.69) is 26.1 Å². The smallest absolute Gasteiger partial charge is 0.125 e. The van der Waals surface area contributed by atoms with Crippen LogP contribution in [0.3, 0.4) is 0 Å². The van der Waals surface area contributed by atoms with Crippen LogP contribution in [-0.2, 0) is 0 Å². The van der Waals surface area contributed by atoms with Gasteiger partial charge in [0.2, 0.25) is 0 Å². The van der Waals surface area contributed by atoms with Crippen LogP contribution in [0.2, 0.25) is 0 Å².